The average Bonchev–Trinajstić information content (AvgIpc) is 2.48. The summed E-state index contributed by atoms with van der Waals surface area (Å²) in [4.78, 5) is 3.95. The smallest absolute Gasteiger partial charge is 0.261 e. The molecule has 3 aromatic rings. The Bertz CT molecular complexity index is 757. The third-order valence-corrected chi connectivity index (χ3v) is 3.96. The lowest BCUT2D eigenvalue weighted by Gasteiger charge is -2.01. The Labute approximate surface area is 122 Å². The van der Waals surface area contributed by atoms with Gasteiger partial charge in [0.25, 0.3) is 9.05 Å². The van der Waals surface area contributed by atoms with Crippen molar-refractivity contribution in [2.45, 2.75) is 4.90 Å². The molecule has 0 atom stereocenters. The fourth-order valence-corrected chi connectivity index (χ4v) is 2.81. The largest absolute Gasteiger partial charge is 0.265 e. The average molecular weight is 306 g/mol. The van der Waals surface area contributed by atoms with Crippen LogP contribution in [0.4, 0.5) is 0 Å². The molecule has 20 heavy (non-hydrogen) atoms. The van der Waals surface area contributed by atoms with Crippen LogP contribution in [-0.2, 0) is 9.05 Å². The fraction of sp³-hybridized carbons (Fsp3) is 0. The van der Waals surface area contributed by atoms with Gasteiger partial charge < -0.3 is 0 Å². The number of hydrogen-bond acceptors (Lipinski definition) is 3. The van der Waals surface area contributed by atoms with E-state index in [9.17, 15) is 8.42 Å². The molecule has 0 saturated heterocycles. The van der Waals surface area contributed by atoms with E-state index < -0.39 is 9.05 Å². The minimum atomic E-state index is -3.66. The lowest BCUT2D eigenvalue weighted by Crippen LogP contribution is -1.91. The van der Waals surface area contributed by atoms with Gasteiger partial charge in [-0.05, 0) is 23.6 Å². The van der Waals surface area contributed by atoms with Crippen molar-refractivity contribution in [2.75, 3.05) is 0 Å². The summed E-state index contributed by atoms with van der Waals surface area (Å²) in [6.45, 7) is 0. The number of halogens is 1. The van der Waals surface area contributed by atoms with Crippen LogP contribution in [0.3, 0.4) is 0 Å². The zero-order valence-electron chi connectivity index (χ0n) is 10.5. The normalized spacial score (nSPS) is 10.7. The Hall–Kier alpha value is -1.91. The zero-order chi connectivity index (χ0) is 14.4. The first kappa shape index (κ1) is 14.5. The maximum atomic E-state index is 11.2. The Kier molecular flexibility index (Phi) is 4.71. The SMILES string of the molecule is O=S(=O)(Cl)c1cccc2ccccc12.c1ccncc1. The van der Waals surface area contributed by atoms with Gasteiger partial charge in [0.2, 0.25) is 0 Å². The quantitative estimate of drug-likeness (QED) is 0.642. The monoisotopic (exact) mass is 305 g/mol. The van der Waals surface area contributed by atoms with E-state index in [1.165, 1.54) is 6.07 Å². The molecule has 0 aliphatic carbocycles. The molecule has 102 valence electrons. The predicted octanol–water partition coefficient (Wildman–Crippen LogP) is 3.85. The fourth-order valence-electron chi connectivity index (χ4n) is 1.72. The molecule has 1 aromatic heterocycles. The maximum Gasteiger partial charge on any atom is 0.261 e. The molecular weight excluding hydrogens is 294 g/mol. The van der Waals surface area contributed by atoms with Crippen LogP contribution in [0, 0.1) is 0 Å². The second kappa shape index (κ2) is 6.50. The number of nitrogens with zero attached hydrogens (tertiary/aromatic N) is 1. The number of pyridine rings is 1. The highest BCUT2D eigenvalue weighted by molar-refractivity contribution is 8.14. The minimum Gasteiger partial charge on any atom is -0.265 e. The van der Waals surface area contributed by atoms with Crippen molar-refractivity contribution >= 4 is 30.5 Å². The molecule has 5 heteroatoms. The number of fused-ring (bicyclic) bond motifs is 1. The van der Waals surface area contributed by atoms with Crippen LogP contribution in [-0.4, -0.2) is 13.4 Å². The van der Waals surface area contributed by atoms with Crippen LogP contribution in [0.1, 0.15) is 0 Å². The molecule has 0 saturated carbocycles. The van der Waals surface area contributed by atoms with E-state index in [-0.39, 0.29) is 4.90 Å². The molecule has 0 bridgehead atoms. The second-order valence-electron chi connectivity index (χ2n) is 3.94. The predicted molar refractivity (Wildman–Crippen MR) is 81.2 cm³/mol. The number of benzene rings is 2. The second-order valence-corrected chi connectivity index (χ2v) is 6.47. The van der Waals surface area contributed by atoms with E-state index in [0.29, 0.717) is 5.39 Å². The third kappa shape index (κ3) is 3.79. The molecule has 0 aliphatic rings. The lowest BCUT2D eigenvalue weighted by molar-refractivity contribution is 0.610. The molecule has 0 fully saturated rings. The Morgan fingerprint density at radius 2 is 1.45 bits per heavy atom. The standard InChI is InChI=1S/C10H7ClO2S.C5H5N/c11-14(12,13)10-7-3-5-8-4-1-2-6-9(8)10;1-2-4-6-5-3-1/h1-7H;1-5H. The molecule has 0 N–H and O–H groups in total. The zero-order valence-corrected chi connectivity index (χ0v) is 12.1. The van der Waals surface area contributed by atoms with Gasteiger partial charge in [-0.3, -0.25) is 4.98 Å². The summed E-state index contributed by atoms with van der Waals surface area (Å²) in [5.41, 5.74) is 0. The van der Waals surface area contributed by atoms with Gasteiger partial charge in [-0.15, -0.1) is 0 Å². The number of rotatable bonds is 1. The molecule has 0 radical (unpaired) electrons. The maximum absolute atomic E-state index is 11.2. The van der Waals surface area contributed by atoms with Crippen molar-refractivity contribution < 1.29 is 8.42 Å². The molecule has 2 aromatic carbocycles. The molecule has 3 rings (SSSR count). The van der Waals surface area contributed by atoms with Gasteiger partial charge in [0.05, 0.1) is 4.90 Å². The Morgan fingerprint density at radius 1 is 0.800 bits per heavy atom. The molecule has 0 spiro atoms. The van der Waals surface area contributed by atoms with Crippen molar-refractivity contribution in [3.8, 4) is 0 Å². The lowest BCUT2D eigenvalue weighted by atomic mass is 10.1. The van der Waals surface area contributed by atoms with E-state index in [1.807, 2.05) is 36.4 Å². The Morgan fingerprint density at radius 3 is 2.00 bits per heavy atom. The minimum absolute atomic E-state index is 0.164. The van der Waals surface area contributed by atoms with Crippen molar-refractivity contribution in [2.24, 2.45) is 0 Å². The first-order chi connectivity index (χ1) is 9.59. The third-order valence-electron chi connectivity index (χ3n) is 2.58. The molecule has 3 nitrogen and oxygen atoms in total. The molecule has 0 amide bonds. The summed E-state index contributed by atoms with van der Waals surface area (Å²) in [5.74, 6) is 0. The summed E-state index contributed by atoms with van der Waals surface area (Å²) in [6, 6.07) is 18.0. The van der Waals surface area contributed by atoms with Crippen molar-refractivity contribution in [1.29, 1.82) is 0 Å². The van der Waals surface area contributed by atoms with E-state index in [2.05, 4.69) is 4.98 Å². The van der Waals surface area contributed by atoms with Crippen LogP contribution < -0.4 is 0 Å². The number of aromatic nitrogens is 1. The van der Waals surface area contributed by atoms with E-state index in [1.54, 1.807) is 30.6 Å². The van der Waals surface area contributed by atoms with Crippen LogP contribution in [0.5, 0.6) is 0 Å². The van der Waals surface area contributed by atoms with Crippen LogP contribution in [0.2, 0.25) is 0 Å². The van der Waals surface area contributed by atoms with Gasteiger partial charge in [0, 0.05) is 28.5 Å². The van der Waals surface area contributed by atoms with Crippen LogP contribution >= 0.6 is 10.7 Å². The van der Waals surface area contributed by atoms with Gasteiger partial charge in [0.15, 0.2) is 0 Å². The van der Waals surface area contributed by atoms with E-state index >= 15 is 0 Å². The molecule has 0 aliphatic heterocycles. The van der Waals surface area contributed by atoms with E-state index in [4.69, 9.17) is 10.7 Å². The van der Waals surface area contributed by atoms with Crippen molar-refractivity contribution in [3.05, 3.63) is 73.1 Å². The van der Waals surface area contributed by atoms with Gasteiger partial charge in [-0.25, -0.2) is 8.42 Å². The van der Waals surface area contributed by atoms with Crippen molar-refractivity contribution in [3.63, 3.8) is 0 Å². The first-order valence-electron chi connectivity index (χ1n) is 5.86. The van der Waals surface area contributed by atoms with Crippen LogP contribution in [0.25, 0.3) is 10.8 Å². The highest BCUT2D eigenvalue weighted by Crippen LogP contribution is 2.25. The summed E-state index contributed by atoms with van der Waals surface area (Å²) in [5, 5.41) is 1.53. The van der Waals surface area contributed by atoms with Crippen molar-refractivity contribution in [1.82, 2.24) is 4.98 Å². The summed E-state index contributed by atoms with van der Waals surface area (Å²) >= 11 is 0. The van der Waals surface area contributed by atoms with Crippen LogP contribution in [0.15, 0.2) is 78.0 Å². The number of hydrogen-bond donors (Lipinski definition) is 0. The summed E-state index contributed by atoms with van der Waals surface area (Å²) in [6.07, 6.45) is 3.50. The van der Waals surface area contributed by atoms with Gasteiger partial charge >= 0.3 is 0 Å². The molecule has 1 heterocycles. The van der Waals surface area contributed by atoms with Gasteiger partial charge in [-0.2, -0.15) is 0 Å². The van der Waals surface area contributed by atoms with Gasteiger partial charge in [-0.1, -0.05) is 42.5 Å². The highest BCUT2D eigenvalue weighted by atomic mass is 35.7. The molecular formula is C15H12ClNO2S. The Balaban J connectivity index is 0.000000205. The molecule has 0 unspecified atom stereocenters. The summed E-state index contributed by atoms with van der Waals surface area (Å²) < 4.78 is 22.4. The highest BCUT2D eigenvalue weighted by Gasteiger charge is 2.12. The topological polar surface area (TPSA) is 47.0 Å². The van der Waals surface area contributed by atoms with E-state index in [0.717, 1.165) is 5.39 Å². The van der Waals surface area contributed by atoms with Gasteiger partial charge in [0.1, 0.15) is 0 Å². The first-order valence-corrected chi connectivity index (χ1v) is 8.17. The summed E-state index contributed by atoms with van der Waals surface area (Å²) in [7, 11) is 1.65.